The molecule has 15 heteroatoms. The van der Waals surface area contributed by atoms with Crippen molar-refractivity contribution in [2.45, 2.75) is 37.8 Å². The van der Waals surface area contributed by atoms with E-state index in [1.54, 1.807) is 18.2 Å². The van der Waals surface area contributed by atoms with Crippen LogP contribution in [0.15, 0.2) is 39.2 Å². The second-order valence-corrected chi connectivity index (χ2v) is 10.3. The molecule has 2 aromatic heterocycles. The molecule has 1 amide bonds. The normalized spacial score (nSPS) is 19.2. The van der Waals surface area contributed by atoms with E-state index in [-0.39, 0.29) is 46.7 Å². The van der Waals surface area contributed by atoms with Gasteiger partial charge in [0, 0.05) is 26.4 Å². The number of ether oxygens (including phenoxy) is 1. The average Bonchev–Trinajstić information content (AvgIpc) is 3.51. The molecule has 4 N–H and O–H groups in total. The zero-order valence-corrected chi connectivity index (χ0v) is 22.8. The summed E-state index contributed by atoms with van der Waals surface area (Å²) in [6, 6.07) is 4.48. The lowest BCUT2D eigenvalue weighted by atomic mass is 10.0. The van der Waals surface area contributed by atoms with Crippen LogP contribution in [0.5, 0.6) is 0 Å². The van der Waals surface area contributed by atoms with Gasteiger partial charge in [-0.1, -0.05) is 17.3 Å². The Morgan fingerprint density at radius 2 is 2.17 bits per heavy atom. The minimum atomic E-state index is -4.50. The number of thiophene rings is 1. The summed E-state index contributed by atoms with van der Waals surface area (Å²) in [7, 11) is 4.59. The molecule has 0 aliphatic carbocycles. The van der Waals surface area contributed by atoms with Gasteiger partial charge in [-0.3, -0.25) is 9.79 Å². The Morgan fingerprint density at radius 1 is 1.40 bits per heavy atom. The summed E-state index contributed by atoms with van der Waals surface area (Å²) in [5.74, 6) is -0.867. The topological polar surface area (TPSA) is 131 Å². The van der Waals surface area contributed by atoms with Crippen LogP contribution in [0.4, 0.5) is 23.2 Å². The van der Waals surface area contributed by atoms with Crippen LogP contribution < -0.4 is 16.4 Å². The van der Waals surface area contributed by atoms with Gasteiger partial charge in [-0.05, 0) is 30.5 Å². The smallest absolute Gasteiger partial charge is 0.393 e. The molecule has 10 nitrogen and oxygen atoms in total. The number of nitrogens with two attached hydrogens (primary N) is 1. The lowest BCUT2D eigenvalue weighted by Gasteiger charge is -2.33. The zero-order valence-electron chi connectivity index (χ0n) is 22.0. The Balaban J connectivity index is 1.64. The van der Waals surface area contributed by atoms with E-state index < -0.39 is 30.7 Å². The second kappa shape index (κ2) is 12.2. The molecule has 40 heavy (non-hydrogen) atoms. The predicted octanol–water partition coefficient (Wildman–Crippen LogP) is 3.64. The van der Waals surface area contributed by atoms with Crippen molar-refractivity contribution >= 4 is 39.2 Å². The van der Waals surface area contributed by atoms with Gasteiger partial charge in [0.05, 0.1) is 41.4 Å². The molecule has 2 unspecified atom stereocenters. The van der Waals surface area contributed by atoms with Crippen molar-refractivity contribution in [3.8, 4) is 10.7 Å². The fraction of sp³-hybridized carbons (Fsp3) is 0.440. The van der Waals surface area contributed by atoms with Crippen molar-refractivity contribution in [2.24, 2.45) is 10.7 Å². The van der Waals surface area contributed by atoms with Crippen molar-refractivity contribution < 1.29 is 31.6 Å². The van der Waals surface area contributed by atoms with Gasteiger partial charge in [-0.25, -0.2) is 4.39 Å². The summed E-state index contributed by atoms with van der Waals surface area (Å²) in [4.78, 5) is 22.5. The molecule has 0 spiro atoms. The molecule has 1 aliphatic heterocycles. The molecule has 3 aromatic rings. The standard InChI is InChI=1S/C25H29F4N7O3S/c1-31-10-15(22(30)38-3)24(37)32-11-19-34-23(35-39-19)21-14(9-25(27,28)29)13-5-4-6-18(20(13)40-21)33-17-7-8-36(2)12-16(17)26/h4-6,10,16-17,33H,7-9,11-12,30H2,1-3H3,(H,32,37)/b22-15-,31-10?. The third-order valence-electron chi connectivity index (χ3n) is 6.34. The molecular weight excluding hydrogens is 554 g/mol. The van der Waals surface area contributed by atoms with Gasteiger partial charge in [0.2, 0.25) is 11.7 Å². The molecular formula is C25H29F4N7O3S. The molecule has 2 atom stereocenters. The number of carbonyl (C=O) groups excluding carboxylic acids is 1. The summed E-state index contributed by atoms with van der Waals surface area (Å²) < 4.78 is 66.3. The number of likely N-dealkylation sites (tertiary alicyclic amines) is 1. The lowest BCUT2D eigenvalue weighted by molar-refractivity contribution is -0.126. The number of nitrogens with zero attached hydrogens (tertiary/aromatic N) is 4. The average molecular weight is 584 g/mol. The van der Waals surface area contributed by atoms with Crippen molar-refractivity contribution in [3.63, 3.8) is 0 Å². The Kier molecular flexibility index (Phi) is 8.93. The first kappa shape index (κ1) is 29.3. The molecule has 0 bridgehead atoms. The first-order valence-corrected chi connectivity index (χ1v) is 13.1. The third kappa shape index (κ3) is 6.70. The number of hydrogen-bond donors (Lipinski definition) is 3. The highest BCUT2D eigenvalue weighted by Gasteiger charge is 2.33. The summed E-state index contributed by atoms with van der Waals surface area (Å²) in [5, 5.41) is 9.99. The number of piperidine rings is 1. The Labute approximate surface area is 231 Å². The minimum absolute atomic E-state index is 0.00930. The molecule has 0 radical (unpaired) electrons. The Bertz CT molecular complexity index is 1420. The lowest BCUT2D eigenvalue weighted by Crippen LogP contribution is -2.46. The molecule has 0 saturated carbocycles. The van der Waals surface area contributed by atoms with E-state index in [1.165, 1.54) is 20.4 Å². The van der Waals surface area contributed by atoms with Crippen LogP contribution in [0.25, 0.3) is 20.8 Å². The number of nitrogens with one attached hydrogen (secondary N) is 2. The fourth-order valence-electron chi connectivity index (χ4n) is 4.40. The molecule has 216 valence electrons. The highest BCUT2D eigenvalue weighted by molar-refractivity contribution is 7.23. The van der Waals surface area contributed by atoms with Gasteiger partial charge < -0.3 is 30.5 Å². The Morgan fingerprint density at radius 3 is 2.85 bits per heavy atom. The summed E-state index contributed by atoms with van der Waals surface area (Å²) in [6.07, 6.45) is -5.08. The number of methoxy groups -OCH3 is 1. The van der Waals surface area contributed by atoms with Gasteiger partial charge >= 0.3 is 6.18 Å². The zero-order chi connectivity index (χ0) is 29.0. The molecule has 1 fully saturated rings. The number of aliphatic imine (C=N–C) groups is 1. The van der Waals surface area contributed by atoms with Crippen LogP contribution in [-0.2, 0) is 22.5 Å². The molecule has 1 saturated heterocycles. The largest absolute Gasteiger partial charge is 0.482 e. The summed E-state index contributed by atoms with van der Waals surface area (Å²) in [6.45, 7) is 0.751. The van der Waals surface area contributed by atoms with Crippen LogP contribution in [0.2, 0.25) is 0 Å². The van der Waals surface area contributed by atoms with E-state index in [2.05, 4.69) is 25.8 Å². The maximum atomic E-state index is 14.7. The fourth-order valence-corrected chi connectivity index (χ4v) is 5.62. The minimum Gasteiger partial charge on any atom is -0.482 e. The number of fused-ring (bicyclic) bond motifs is 1. The molecule has 1 aliphatic rings. The number of amides is 1. The molecule has 4 rings (SSSR count). The van der Waals surface area contributed by atoms with Gasteiger partial charge in [0.15, 0.2) is 5.88 Å². The van der Waals surface area contributed by atoms with E-state index in [4.69, 9.17) is 15.0 Å². The van der Waals surface area contributed by atoms with Crippen LogP contribution in [-0.4, -0.2) is 79.8 Å². The monoisotopic (exact) mass is 583 g/mol. The van der Waals surface area contributed by atoms with E-state index in [0.717, 1.165) is 11.3 Å². The first-order valence-electron chi connectivity index (χ1n) is 12.3. The van der Waals surface area contributed by atoms with Gasteiger partial charge in [-0.15, -0.1) is 11.3 Å². The molecule has 3 heterocycles. The SMILES string of the molecule is CN=C/C(C(=O)NCc1nc(-c2sc3c(NC4CCN(C)CC4F)cccc3c2CC(F)(F)F)no1)=C(\N)OC. The van der Waals surface area contributed by atoms with Crippen molar-refractivity contribution in [3.05, 3.63) is 41.1 Å². The number of aromatic nitrogens is 2. The highest BCUT2D eigenvalue weighted by atomic mass is 32.1. The Hall–Kier alpha value is -3.72. The first-order chi connectivity index (χ1) is 19.0. The molecule has 1 aromatic carbocycles. The van der Waals surface area contributed by atoms with Crippen LogP contribution in [0.3, 0.4) is 0 Å². The maximum absolute atomic E-state index is 14.7. The third-order valence-corrected chi connectivity index (χ3v) is 7.62. The number of hydrogen-bond acceptors (Lipinski definition) is 10. The van der Waals surface area contributed by atoms with Crippen molar-refractivity contribution in [1.29, 1.82) is 0 Å². The van der Waals surface area contributed by atoms with Crippen LogP contribution in [0, 0.1) is 0 Å². The number of carbonyl (C=O) groups is 1. The second-order valence-electron chi connectivity index (χ2n) is 9.27. The van der Waals surface area contributed by atoms with Gasteiger partial charge in [-0.2, -0.15) is 18.2 Å². The van der Waals surface area contributed by atoms with Crippen LogP contribution >= 0.6 is 11.3 Å². The van der Waals surface area contributed by atoms with E-state index >= 15 is 0 Å². The van der Waals surface area contributed by atoms with Gasteiger partial charge in [0.1, 0.15) is 11.7 Å². The van der Waals surface area contributed by atoms with Gasteiger partial charge in [0.25, 0.3) is 5.91 Å². The number of alkyl halides is 4. The summed E-state index contributed by atoms with van der Waals surface area (Å²) in [5.41, 5.74) is 6.18. The van der Waals surface area contributed by atoms with Crippen LogP contribution in [0.1, 0.15) is 17.9 Å². The number of halogens is 4. The maximum Gasteiger partial charge on any atom is 0.393 e. The van der Waals surface area contributed by atoms with Crippen molar-refractivity contribution in [1.82, 2.24) is 20.4 Å². The quantitative estimate of drug-likeness (QED) is 0.151. The van der Waals surface area contributed by atoms with E-state index in [1.807, 2.05) is 11.9 Å². The number of rotatable bonds is 9. The number of benzene rings is 1. The van der Waals surface area contributed by atoms with Crippen molar-refractivity contribution in [2.75, 3.05) is 39.6 Å². The number of anilines is 1. The summed E-state index contributed by atoms with van der Waals surface area (Å²) >= 11 is 1.07. The highest BCUT2D eigenvalue weighted by Crippen LogP contribution is 2.43. The van der Waals surface area contributed by atoms with E-state index in [0.29, 0.717) is 28.7 Å². The van der Waals surface area contributed by atoms with E-state index in [9.17, 15) is 22.4 Å². The predicted molar refractivity (Wildman–Crippen MR) is 144 cm³/mol.